The van der Waals surface area contributed by atoms with Crippen molar-refractivity contribution in [1.82, 2.24) is 4.98 Å². The lowest BCUT2D eigenvalue weighted by Crippen LogP contribution is -2.31. The van der Waals surface area contributed by atoms with Gasteiger partial charge in [-0.05, 0) is 126 Å². The highest BCUT2D eigenvalue weighted by Crippen LogP contribution is 2.51. The summed E-state index contributed by atoms with van der Waals surface area (Å²) >= 11 is 0. The van der Waals surface area contributed by atoms with E-state index in [2.05, 4.69) is 89.3 Å². The smallest absolute Gasteiger partial charge is 0.250 e. The monoisotopic (exact) mass is 619 g/mol. The van der Waals surface area contributed by atoms with Crippen molar-refractivity contribution in [1.29, 1.82) is 0 Å². The number of fused-ring (bicyclic) bond motifs is 2. The molecule has 0 spiro atoms. The van der Waals surface area contributed by atoms with Gasteiger partial charge in [0, 0.05) is 17.1 Å². The maximum atomic E-state index is 8.07. The predicted molar refractivity (Wildman–Crippen MR) is 189 cm³/mol. The SMILES string of the molecule is [C-]#[N+]/C(=C1\C=C2C=C(c3ccc(N(c4ccc(OC)cc4)c4ccc(OC)cc4)cc3)CCC2C(C)(C)C1)c1nc2ccccc2o1. The Morgan fingerprint density at radius 1 is 0.830 bits per heavy atom. The highest BCUT2D eigenvalue weighted by Gasteiger charge is 2.38. The van der Waals surface area contributed by atoms with Gasteiger partial charge >= 0.3 is 0 Å². The molecule has 1 unspecified atom stereocenters. The van der Waals surface area contributed by atoms with Crippen LogP contribution in [-0.4, -0.2) is 19.2 Å². The lowest BCUT2D eigenvalue weighted by Gasteiger charge is -2.42. The number of ether oxygens (including phenoxy) is 2. The molecular weight excluding hydrogens is 582 g/mol. The van der Waals surface area contributed by atoms with Gasteiger partial charge < -0.3 is 18.8 Å². The Labute approximate surface area is 276 Å². The summed E-state index contributed by atoms with van der Waals surface area (Å²) in [5.74, 6) is 2.45. The van der Waals surface area contributed by atoms with Crippen molar-refractivity contribution < 1.29 is 13.9 Å². The molecule has 0 N–H and O–H groups in total. The summed E-state index contributed by atoms with van der Waals surface area (Å²) in [5, 5.41) is 0. The molecule has 0 fully saturated rings. The molecule has 5 aromatic rings. The van der Waals surface area contributed by atoms with Crippen LogP contribution >= 0.6 is 0 Å². The minimum absolute atomic E-state index is 0.00445. The number of benzene rings is 4. The number of para-hydroxylation sites is 2. The van der Waals surface area contributed by atoms with E-state index in [-0.39, 0.29) is 5.41 Å². The second-order valence-electron chi connectivity index (χ2n) is 12.8. The lowest BCUT2D eigenvalue weighted by molar-refractivity contribution is 0.228. The summed E-state index contributed by atoms with van der Waals surface area (Å²) in [7, 11) is 3.36. The van der Waals surface area contributed by atoms with Crippen molar-refractivity contribution in [2.24, 2.45) is 11.3 Å². The average molecular weight is 620 g/mol. The van der Waals surface area contributed by atoms with Gasteiger partial charge in [0.05, 0.1) is 20.8 Å². The Kier molecular flexibility index (Phi) is 7.91. The molecule has 0 bridgehead atoms. The van der Waals surface area contributed by atoms with E-state index in [1.165, 1.54) is 16.7 Å². The fraction of sp³-hybridized carbons (Fsp3) is 0.220. The highest BCUT2D eigenvalue weighted by molar-refractivity contribution is 5.81. The molecule has 0 aliphatic heterocycles. The van der Waals surface area contributed by atoms with Crippen molar-refractivity contribution >= 4 is 39.4 Å². The Bertz CT molecular complexity index is 1980. The number of methoxy groups -OCH3 is 2. The first-order valence-corrected chi connectivity index (χ1v) is 15.9. The maximum Gasteiger partial charge on any atom is 0.250 e. The zero-order valence-corrected chi connectivity index (χ0v) is 27.2. The van der Waals surface area contributed by atoms with Gasteiger partial charge in [-0.1, -0.05) is 50.3 Å². The first-order valence-electron chi connectivity index (χ1n) is 15.9. The number of hydrogen-bond acceptors (Lipinski definition) is 5. The number of anilines is 3. The van der Waals surface area contributed by atoms with Gasteiger partial charge in [-0.2, -0.15) is 0 Å². The van der Waals surface area contributed by atoms with Crippen LogP contribution in [0.4, 0.5) is 17.1 Å². The minimum atomic E-state index is 0.00445. The highest BCUT2D eigenvalue weighted by atomic mass is 16.5. The number of nitrogens with zero attached hydrogens (tertiary/aromatic N) is 3. The summed E-state index contributed by atoms with van der Waals surface area (Å²) in [6, 6.07) is 32.7. The summed E-state index contributed by atoms with van der Waals surface area (Å²) in [6.07, 6.45) is 7.45. The fourth-order valence-electron chi connectivity index (χ4n) is 7.04. The largest absolute Gasteiger partial charge is 0.497 e. The molecule has 6 heteroatoms. The molecular formula is C41H37N3O3. The number of allylic oxidation sites excluding steroid dienone is 5. The second kappa shape index (κ2) is 12.3. The molecule has 2 aliphatic rings. The van der Waals surface area contributed by atoms with Gasteiger partial charge in [0.25, 0.3) is 5.70 Å². The lowest BCUT2D eigenvalue weighted by atomic mass is 9.62. The van der Waals surface area contributed by atoms with Crippen molar-refractivity contribution in [3.8, 4) is 11.5 Å². The third-order valence-electron chi connectivity index (χ3n) is 9.45. The molecule has 7 rings (SSSR count). The summed E-state index contributed by atoms with van der Waals surface area (Å²) in [5.41, 5.74) is 9.88. The zero-order valence-electron chi connectivity index (χ0n) is 27.2. The van der Waals surface area contributed by atoms with Crippen LogP contribution in [0.5, 0.6) is 11.5 Å². The molecule has 0 amide bonds. The van der Waals surface area contributed by atoms with Crippen LogP contribution in [0.25, 0.3) is 27.2 Å². The van der Waals surface area contributed by atoms with Crippen molar-refractivity contribution in [2.45, 2.75) is 33.1 Å². The van der Waals surface area contributed by atoms with E-state index in [1.54, 1.807) is 14.2 Å². The summed E-state index contributed by atoms with van der Waals surface area (Å²) in [4.78, 5) is 10.8. The summed E-state index contributed by atoms with van der Waals surface area (Å²) in [6.45, 7) is 12.7. The Morgan fingerprint density at radius 3 is 2.00 bits per heavy atom. The molecule has 1 heterocycles. The molecule has 234 valence electrons. The van der Waals surface area contributed by atoms with Crippen LogP contribution < -0.4 is 14.4 Å². The van der Waals surface area contributed by atoms with E-state index in [0.717, 1.165) is 58.9 Å². The standard InChI is InChI=1S/C41H37N3O3/c1-41(2)26-30(39(42-3)40-43-37-8-6-7-9-38(37)47-40)25-29-24-28(12-23-36(29)41)27-10-13-31(14-11-27)44(32-15-19-34(45-4)20-16-32)33-17-21-35(46-5)22-18-33/h6-11,13-22,24-25,36H,12,23,26H2,1-2,4-5H3/b39-30+. The van der Waals surface area contributed by atoms with Crippen molar-refractivity contribution in [3.63, 3.8) is 0 Å². The maximum absolute atomic E-state index is 8.07. The molecule has 1 atom stereocenters. The van der Waals surface area contributed by atoms with Crippen LogP contribution in [0, 0.1) is 17.9 Å². The Balaban J connectivity index is 1.24. The first-order chi connectivity index (χ1) is 22.9. The van der Waals surface area contributed by atoms with E-state index in [9.17, 15) is 0 Å². The number of hydrogen-bond donors (Lipinski definition) is 0. The molecule has 0 radical (unpaired) electrons. The third-order valence-corrected chi connectivity index (χ3v) is 9.45. The molecule has 0 saturated carbocycles. The Morgan fingerprint density at radius 2 is 1.43 bits per heavy atom. The average Bonchev–Trinajstić information content (AvgIpc) is 3.53. The number of aromatic nitrogens is 1. The molecule has 1 aromatic heterocycles. The van der Waals surface area contributed by atoms with Gasteiger partial charge in [-0.3, -0.25) is 0 Å². The molecule has 0 saturated heterocycles. The van der Waals surface area contributed by atoms with Crippen LogP contribution in [0.15, 0.2) is 125 Å². The summed E-state index contributed by atoms with van der Waals surface area (Å²) < 4.78 is 16.9. The van der Waals surface area contributed by atoms with Crippen LogP contribution in [0.3, 0.4) is 0 Å². The zero-order chi connectivity index (χ0) is 32.5. The van der Waals surface area contributed by atoms with Gasteiger partial charge in [-0.15, -0.1) is 0 Å². The van der Waals surface area contributed by atoms with E-state index >= 15 is 0 Å². The fourth-order valence-corrected chi connectivity index (χ4v) is 7.04. The van der Waals surface area contributed by atoms with Gasteiger partial charge in [0.1, 0.15) is 17.0 Å². The van der Waals surface area contributed by atoms with Gasteiger partial charge in [0.2, 0.25) is 5.89 Å². The Hall–Kier alpha value is -5.54. The van der Waals surface area contributed by atoms with E-state index in [4.69, 9.17) is 20.5 Å². The number of rotatable bonds is 7. The molecule has 47 heavy (non-hydrogen) atoms. The molecule has 6 nitrogen and oxygen atoms in total. The van der Waals surface area contributed by atoms with Gasteiger partial charge in [0.15, 0.2) is 5.58 Å². The van der Waals surface area contributed by atoms with Crippen molar-refractivity contribution in [2.75, 3.05) is 19.1 Å². The van der Waals surface area contributed by atoms with E-state index in [0.29, 0.717) is 23.1 Å². The van der Waals surface area contributed by atoms with Gasteiger partial charge in [-0.25, -0.2) is 9.83 Å². The number of oxazole rings is 1. The van der Waals surface area contributed by atoms with E-state index < -0.39 is 0 Å². The first kappa shape index (κ1) is 30.1. The second-order valence-corrected chi connectivity index (χ2v) is 12.8. The van der Waals surface area contributed by atoms with Crippen LogP contribution in [0.1, 0.15) is 44.6 Å². The van der Waals surface area contributed by atoms with Crippen LogP contribution in [0.2, 0.25) is 0 Å². The predicted octanol–water partition coefficient (Wildman–Crippen LogP) is 10.8. The quantitative estimate of drug-likeness (QED) is 0.170. The van der Waals surface area contributed by atoms with Crippen LogP contribution in [-0.2, 0) is 0 Å². The molecule has 4 aromatic carbocycles. The third kappa shape index (κ3) is 5.81. The normalized spacial score (nSPS) is 18.0. The van der Waals surface area contributed by atoms with Crippen molar-refractivity contribution in [3.05, 3.63) is 143 Å². The minimum Gasteiger partial charge on any atom is -0.497 e. The van der Waals surface area contributed by atoms with E-state index in [1.807, 2.05) is 48.5 Å². The topological polar surface area (TPSA) is 52.1 Å². The molecule has 2 aliphatic carbocycles.